The van der Waals surface area contributed by atoms with Gasteiger partial charge < -0.3 is 14.8 Å². The number of rotatable bonds is 3. The van der Waals surface area contributed by atoms with Crippen LogP contribution in [-0.4, -0.2) is 19.1 Å². The average Bonchev–Trinajstić information content (AvgIpc) is 2.38. The molecule has 1 N–H and O–H groups in total. The monoisotopic (exact) mass is 313 g/mol. The van der Waals surface area contributed by atoms with Gasteiger partial charge in [-0.25, -0.2) is 0 Å². The molecule has 18 heavy (non-hydrogen) atoms. The van der Waals surface area contributed by atoms with Gasteiger partial charge in [-0.3, -0.25) is 4.79 Å². The first kappa shape index (κ1) is 13.2. The van der Waals surface area contributed by atoms with Crippen LogP contribution in [0, 0.1) is 5.92 Å². The van der Waals surface area contributed by atoms with Gasteiger partial charge in [0.05, 0.1) is 5.69 Å². The molecule has 0 saturated heterocycles. The maximum Gasteiger partial charge on any atom is 0.227 e. The normalized spacial score (nSPS) is 15.1. The zero-order chi connectivity index (χ0) is 13.1. The van der Waals surface area contributed by atoms with E-state index in [0.29, 0.717) is 30.4 Å². The molecule has 0 fully saturated rings. The van der Waals surface area contributed by atoms with Gasteiger partial charge in [-0.2, -0.15) is 0 Å². The van der Waals surface area contributed by atoms with Gasteiger partial charge in [0.2, 0.25) is 5.91 Å². The highest BCUT2D eigenvalue weighted by molar-refractivity contribution is 9.10. The molecule has 0 unspecified atom stereocenters. The Labute approximate surface area is 115 Å². The molecule has 2 rings (SSSR count). The summed E-state index contributed by atoms with van der Waals surface area (Å²) < 4.78 is 11.8. The van der Waals surface area contributed by atoms with Gasteiger partial charge in [0.1, 0.15) is 13.2 Å². The fraction of sp³-hybridized carbons (Fsp3) is 0.462. The summed E-state index contributed by atoms with van der Waals surface area (Å²) in [5, 5.41) is 2.89. The Kier molecular flexibility index (Phi) is 4.11. The third-order valence-electron chi connectivity index (χ3n) is 2.95. The van der Waals surface area contributed by atoms with Gasteiger partial charge in [0.25, 0.3) is 0 Å². The number of fused-ring (bicyclic) bond motifs is 1. The second-order valence-electron chi connectivity index (χ2n) is 4.27. The molecule has 1 aliphatic rings. The van der Waals surface area contributed by atoms with Crippen molar-refractivity contribution in [3.05, 3.63) is 16.6 Å². The molecule has 5 heteroatoms. The fourth-order valence-corrected chi connectivity index (χ4v) is 2.02. The van der Waals surface area contributed by atoms with Crippen LogP contribution < -0.4 is 14.8 Å². The van der Waals surface area contributed by atoms with Crippen LogP contribution >= 0.6 is 15.9 Å². The van der Waals surface area contributed by atoms with E-state index in [9.17, 15) is 4.79 Å². The van der Waals surface area contributed by atoms with E-state index in [4.69, 9.17) is 9.47 Å². The molecule has 0 saturated carbocycles. The number of carbonyl (C=O) groups is 1. The van der Waals surface area contributed by atoms with Crippen LogP contribution in [0.4, 0.5) is 5.69 Å². The van der Waals surface area contributed by atoms with Crippen LogP contribution in [-0.2, 0) is 4.79 Å². The molecule has 0 bridgehead atoms. The van der Waals surface area contributed by atoms with E-state index in [0.717, 1.165) is 10.9 Å². The number of ether oxygens (including phenoxy) is 2. The van der Waals surface area contributed by atoms with Gasteiger partial charge in [-0.05, 0) is 22.4 Å². The molecule has 0 aliphatic carbocycles. The fourth-order valence-electron chi connectivity index (χ4n) is 1.60. The Morgan fingerprint density at radius 1 is 1.39 bits per heavy atom. The van der Waals surface area contributed by atoms with Gasteiger partial charge >= 0.3 is 0 Å². The molecule has 4 nitrogen and oxygen atoms in total. The van der Waals surface area contributed by atoms with Gasteiger partial charge in [0, 0.05) is 22.5 Å². The third-order valence-corrected chi connectivity index (χ3v) is 3.61. The summed E-state index contributed by atoms with van der Waals surface area (Å²) in [5.74, 6) is 1.37. The van der Waals surface area contributed by atoms with Gasteiger partial charge in [0.15, 0.2) is 11.5 Å². The zero-order valence-corrected chi connectivity index (χ0v) is 12.0. The topological polar surface area (TPSA) is 47.6 Å². The number of amides is 1. The largest absolute Gasteiger partial charge is 0.486 e. The molecule has 98 valence electrons. The predicted octanol–water partition coefficient (Wildman–Crippen LogP) is 3.20. The summed E-state index contributed by atoms with van der Waals surface area (Å²) in [6.45, 7) is 4.98. The second-order valence-corrected chi connectivity index (χ2v) is 5.13. The Morgan fingerprint density at radius 2 is 2.00 bits per heavy atom. The minimum Gasteiger partial charge on any atom is -0.486 e. The summed E-state index contributed by atoms with van der Waals surface area (Å²) in [7, 11) is 0. The summed E-state index contributed by atoms with van der Waals surface area (Å²) in [4.78, 5) is 11.9. The Balaban J connectivity index is 2.20. The number of nitrogens with one attached hydrogen (secondary N) is 1. The highest BCUT2D eigenvalue weighted by atomic mass is 79.9. The molecule has 0 aromatic heterocycles. The average molecular weight is 314 g/mol. The number of carbonyl (C=O) groups excluding carboxylic acids is 1. The number of halogens is 1. The van der Waals surface area contributed by atoms with Gasteiger partial charge in [-0.1, -0.05) is 13.8 Å². The number of benzene rings is 1. The molecule has 1 amide bonds. The SMILES string of the molecule is CC[C@@H](C)C(=O)Nc1cc2c(cc1Br)OCCO2. The first-order valence-electron chi connectivity index (χ1n) is 6.01. The van der Waals surface area contributed by atoms with Crippen molar-refractivity contribution in [1.82, 2.24) is 0 Å². The summed E-state index contributed by atoms with van der Waals surface area (Å²) in [6.07, 6.45) is 0.813. The van der Waals surface area contributed by atoms with E-state index in [1.807, 2.05) is 19.9 Å². The van der Waals surface area contributed by atoms with Crippen molar-refractivity contribution in [3.63, 3.8) is 0 Å². The van der Waals surface area contributed by atoms with E-state index in [-0.39, 0.29) is 11.8 Å². The van der Waals surface area contributed by atoms with Crippen molar-refractivity contribution in [2.75, 3.05) is 18.5 Å². The molecule has 1 aromatic carbocycles. The Morgan fingerprint density at radius 3 is 2.61 bits per heavy atom. The van der Waals surface area contributed by atoms with E-state index < -0.39 is 0 Å². The predicted molar refractivity (Wildman–Crippen MR) is 73.2 cm³/mol. The molecule has 1 aliphatic heterocycles. The second kappa shape index (κ2) is 5.61. The van der Waals surface area contributed by atoms with Crippen molar-refractivity contribution >= 4 is 27.5 Å². The van der Waals surface area contributed by atoms with Crippen LogP contribution in [0.25, 0.3) is 0 Å². The molecule has 1 atom stereocenters. The lowest BCUT2D eigenvalue weighted by Crippen LogP contribution is -2.20. The van der Waals surface area contributed by atoms with Crippen LogP contribution in [0.5, 0.6) is 11.5 Å². The van der Waals surface area contributed by atoms with Crippen LogP contribution in [0.2, 0.25) is 0 Å². The first-order chi connectivity index (χ1) is 8.61. The summed E-state index contributed by atoms with van der Waals surface area (Å²) in [6, 6.07) is 3.61. The van der Waals surface area contributed by atoms with E-state index >= 15 is 0 Å². The van der Waals surface area contributed by atoms with Gasteiger partial charge in [-0.15, -0.1) is 0 Å². The number of anilines is 1. The smallest absolute Gasteiger partial charge is 0.227 e. The van der Waals surface area contributed by atoms with Crippen molar-refractivity contribution in [3.8, 4) is 11.5 Å². The van der Waals surface area contributed by atoms with E-state index in [1.54, 1.807) is 6.07 Å². The summed E-state index contributed by atoms with van der Waals surface area (Å²) in [5.41, 5.74) is 0.713. The van der Waals surface area contributed by atoms with Crippen molar-refractivity contribution in [2.24, 2.45) is 5.92 Å². The minimum atomic E-state index is -0.00917. The van der Waals surface area contributed by atoms with Crippen LogP contribution in [0.1, 0.15) is 20.3 Å². The number of hydrogen-bond acceptors (Lipinski definition) is 3. The maximum atomic E-state index is 11.9. The van der Waals surface area contributed by atoms with Crippen molar-refractivity contribution in [2.45, 2.75) is 20.3 Å². The first-order valence-corrected chi connectivity index (χ1v) is 6.81. The molecular formula is C13H16BrNO3. The highest BCUT2D eigenvalue weighted by Crippen LogP contribution is 2.38. The lowest BCUT2D eigenvalue weighted by Gasteiger charge is -2.20. The summed E-state index contributed by atoms with van der Waals surface area (Å²) >= 11 is 3.42. The standard InChI is InChI=1S/C13H16BrNO3/c1-3-8(2)13(16)15-10-7-12-11(6-9(10)14)17-4-5-18-12/h6-8H,3-5H2,1-2H3,(H,15,16)/t8-/m1/s1. The maximum absolute atomic E-state index is 11.9. The quantitative estimate of drug-likeness (QED) is 0.932. The third kappa shape index (κ3) is 2.77. The highest BCUT2D eigenvalue weighted by Gasteiger charge is 2.17. The molecule has 1 aromatic rings. The van der Waals surface area contributed by atoms with Crippen molar-refractivity contribution in [1.29, 1.82) is 0 Å². The van der Waals surface area contributed by atoms with E-state index in [1.165, 1.54) is 0 Å². The van der Waals surface area contributed by atoms with Crippen LogP contribution in [0.3, 0.4) is 0 Å². The minimum absolute atomic E-state index is 0.00915. The Hall–Kier alpha value is -1.23. The Bertz CT molecular complexity index is 462. The lowest BCUT2D eigenvalue weighted by molar-refractivity contribution is -0.119. The molecule has 0 radical (unpaired) electrons. The molecule has 1 heterocycles. The van der Waals surface area contributed by atoms with Crippen molar-refractivity contribution < 1.29 is 14.3 Å². The van der Waals surface area contributed by atoms with E-state index in [2.05, 4.69) is 21.2 Å². The number of hydrogen-bond donors (Lipinski definition) is 1. The zero-order valence-electron chi connectivity index (χ0n) is 10.5. The lowest BCUT2D eigenvalue weighted by atomic mass is 10.1. The molecular weight excluding hydrogens is 298 g/mol. The van der Waals surface area contributed by atoms with Crippen LogP contribution in [0.15, 0.2) is 16.6 Å². The molecule has 0 spiro atoms.